The van der Waals surface area contributed by atoms with Gasteiger partial charge < -0.3 is 5.32 Å². The van der Waals surface area contributed by atoms with Crippen molar-refractivity contribution in [3.8, 4) is 0 Å². The minimum Gasteiger partial charge on any atom is -0.307 e. The summed E-state index contributed by atoms with van der Waals surface area (Å²) in [6.45, 7) is 2.53. The second kappa shape index (κ2) is 5.69. The van der Waals surface area contributed by atoms with Crippen LogP contribution in [0.5, 0.6) is 0 Å². The minimum absolute atomic E-state index is 0.0603. The molecular weight excluding hydrogens is 234 g/mol. The van der Waals surface area contributed by atoms with Gasteiger partial charge in [0.2, 0.25) is 0 Å². The topological polar surface area (TPSA) is 24.9 Å². The van der Waals surface area contributed by atoms with E-state index < -0.39 is 11.6 Å². The van der Waals surface area contributed by atoms with E-state index in [0.717, 1.165) is 11.4 Å². The van der Waals surface area contributed by atoms with Gasteiger partial charge in [-0.2, -0.15) is 0 Å². The van der Waals surface area contributed by atoms with Crippen LogP contribution in [-0.4, -0.2) is 4.98 Å². The summed E-state index contributed by atoms with van der Waals surface area (Å²) in [7, 11) is 0. The van der Waals surface area contributed by atoms with Crippen LogP contribution in [0.15, 0.2) is 36.4 Å². The molecule has 0 aliphatic heterocycles. The van der Waals surface area contributed by atoms with Crippen molar-refractivity contribution in [3.05, 3.63) is 65.0 Å². The Balaban J connectivity index is 1.97. The van der Waals surface area contributed by atoms with Crippen molar-refractivity contribution in [1.82, 2.24) is 10.3 Å². The number of benzene rings is 1. The highest BCUT2D eigenvalue weighted by Gasteiger charge is 2.07. The summed E-state index contributed by atoms with van der Waals surface area (Å²) in [6, 6.07) is 9.55. The fraction of sp³-hybridized carbons (Fsp3) is 0.214. The predicted molar refractivity (Wildman–Crippen MR) is 65.9 cm³/mol. The largest absolute Gasteiger partial charge is 0.307 e. The zero-order valence-corrected chi connectivity index (χ0v) is 10.1. The van der Waals surface area contributed by atoms with E-state index in [0.29, 0.717) is 6.54 Å². The molecule has 0 amide bonds. The Morgan fingerprint density at radius 3 is 2.33 bits per heavy atom. The number of rotatable bonds is 4. The molecule has 0 unspecified atom stereocenters. The second-order valence-electron chi connectivity index (χ2n) is 4.07. The predicted octanol–water partition coefficient (Wildman–Crippen LogP) is 2.96. The van der Waals surface area contributed by atoms with Gasteiger partial charge in [0.25, 0.3) is 0 Å². The fourth-order valence-electron chi connectivity index (χ4n) is 1.71. The molecular formula is C14H14F2N2. The summed E-state index contributed by atoms with van der Waals surface area (Å²) in [5, 5.41) is 2.98. The van der Waals surface area contributed by atoms with Crippen molar-refractivity contribution in [2.45, 2.75) is 20.0 Å². The van der Waals surface area contributed by atoms with Crippen LogP contribution < -0.4 is 5.32 Å². The molecule has 2 nitrogen and oxygen atoms in total. The molecule has 1 aromatic carbocycles. The zero-order valence-electron chi connectivity index (χ0n) is 10.1. The van der Waals surface area contributed by atoms with Gasteiger partial charge in [-0.05, 0) is 31.2 Å². The van der Waals surface area contributed by atoms with Gasteiger partial charge in [0.1, 0.15) is 11.6 Å². The van der Waals surface area contributed by atoms with E-state index in [-0.39, 0.29) is 12.1 Å². The van der Waals surface area contributed by atoms with Crippen LogP contribution in [0.25, 0.3) is 0 Å². The Morgan fingerprint density at radius 1 is 1.00 bits per heavy atom. The highest BCUT2D eigenvalue weighted by Crippen LogP contribution is 2.11. The summed E-state index contributed by atoms with van der Waals surface area (Å²) in [5.41, 5.74) is 1.84. The first-order chi connectivity index (χ1) is 8.66. The van der Waals surface area contributed by atoms with Gasteiger partial charge in [-0.15, -0.1) is 0 Å². The SMILES string of the molecule is Cc1cccc(CNCc2c(F)cccc2F)n1. The van der Waals surface area contributed by atoms with E-state index in [9.17, 15) is 8.78 Å². The average Bonchev–Trinajstić information content (AvgIpc) is 2.33. The number of hydrogen-bond acceptors (Lipinski definition) is 2. The number of pyridine rings is 1. The monoisotopic (exact) mass is 248 g/mol. The van der Waals surface area contributed by atoms with Crippen LogP contribution >= 0.6 is 0 Å². The number of aryl methyl sites for hydroxylation is 1. The molecule has 2 aromatic rings. The van der Waals surface area contributed by atoms with Crippen molar-refractivity contribution >= 4 is 0 Å². The smallest absolute Gasteiger partial charge is 0.130 e. The molecule has 0 bridgehead atoms. The molecule has 1 heterocycles. The Bertz CT molecular complexity index is 521. The molecule has 0 atom stereocenters. The van der Waals surface area contributed by atoms with Crippen molar-refractivity contribution < 1.29 is 8.78 Å². The van der Waals surface area contributed by atoms with Gasteiger partial charge in [-0.1, -0.05) is 12.1 Å². The quantitative estimate of drug-likeness (QED) is 0.899. The lowest BCUT2D eigenvalue weighted by molar-refractivity contribution is 0.534. The molecule has 0 saturated heterocycles. The summed E-state index contributed by atoms with van der Waals surface area (Å²) < 4.78 is 26.7. The van der Waals surface area contributed by atoms with Gasteiger partial charge in [0.15, 0.2) is 0 Å². The average molecular weight is 248 g/mol. The molecule has 0 spiro atoms. The summed E-state index contributed by atoms with van der Waals surface area (Å²) >= 11 is 0. The first kappa shape index (κ1) is 12.6. The van der Waals surface area contributed by atoms with Crippen LogP contribution in [0.1, 0.15) is 17.0 Å². The first-order valence-electron chi connectivity index (χ1n) is 5.73. The molecule has 1 aromatic heterocycles. The summed E-state index contributed by atoms with van der Waals surface area (Å²) in [4.78, 5) is 4.30. The Morgan fingerprint density at radius 2 is 1.67 bits per heavy atom. The molecule has 2 rings (SSSR count). The van der Waals surface area contributed by atoms with Crippen molar-refractivity contribution in [3.63, 3.8) is 0 Å². The van der Waals surface area contributed by atoms with Crippen molar-refractivity contribution in [2.75, 3.05) is 0 Å². The molecule has 18 heavy (non-hydrogen) atoms. The van der Waals surface area contributed by atoms with Gasteiger partial charge in [-0.3, -0.25) is 4.98 Å². The first-order valence-corrected chi connectivity index (χ1v) is 5.73. The van der Waals surface area contributed by atoms with Crippen molar-refractivity contribution in [1.29, 1.82) is 0 Å². The summed E-state index contributed by atoms with van der Waals surface area (Å²) in [6.07, 6.45) is 0. The standard InChI is InChI=1S/C14H14F2N2/c1-10-4-2-5-11(18-10)8-17-9-12-13(15)6-3-7-14(12)16/h2-7,17H,8-9H2,1H3. The van der Waals surface area contributed by atoms with Crippen LogP contribution in [0.4, 0.5) is 8.78 Å². The van der Waals surface area contributed by atoms with Crippen LogP contribution in [0, 0.1) is 18.6 Å². The maximum Gasteiger partial charge on any atom is 0.130 e. The number of nitrogens with one attached hydrogen (secondary N) is 1. The number of halogens is 2. The molecule has 0 saturated carbocycles. The van der Waals surface area contributed by atoms with Crippen LogP contribution in [0.3, 0.4) is 0 Å². The maximum atomic E-state index is 13.3. The molecule has 94 valence electrons. The van der Waals surface area contributed by atoms with Gasteiger partial charge in [0, 0.05) is 24.3 Å². The van der Waals surface area contributed by atoms with E-state index in [1.807, 2.05) is 25.1 Å². The van der Waals surface area contributed by atoms with Gasteiger partial charge in [-0.25, -0.2) is 8.78 Å². The van der Waals surface area contributed by atoms with E-state index in [1.54, 1.807) is 0 Å². The molecule has 1 N–H and O–H groups in total. The number of nitrogens with zero attached hydrogens (tertiary/aromatic N) is 1. The highest BCUT2D eigenvalue weighted by atomic mass is 19.1. The minimum atomic E-state index is -0.528. The molecule has 0 fully saturated rings. The lowest BCUT2D eigenvalue weighted by Gasteiger charge is -2.07. The third-order valence-electron chi connectivity index (χ3n) is 2.62. The molecule has 0 aliphatic rings. The van der Waals surface area contributed by atoms with E-state index in [1.165, 1.54) is 18.2 Å². The Labute approximate surface area is 105 Å². The van der Waals surface area contributed by atoms with Crippen LogP contribution in [0.2, 0.25) is 0 Å². The van der Waals surface area contributed by atoms with Gasteiger partial charge >= 0.3 is 0 Å². The Hall–Kier alpha value is -1.81. The second-order valence-corrected chi connectivity index (χ2v) is 4.07. The molecule has 0 radical (unpaired) electrons. The lowest BCUT2D eigenvalue weighted by Crippen LogP contribution is -2.16. The maximum absolute atomic E-state index is 13.3. The number of hydrogen-bond donors (Lipinski definition) is 1. The van der Waals surface area contributed by atoms with Crippen LogP contribution in [-0.2, 0) is 13.1 Å². The highest BCUT2D eigenvalue weighted by molar-refractivity contribution is 5.19. The van der Waals surface area contributed by atoms with Gasteiger partial charge in [0.05, 0.1) is 5.69 Å². The normalized spacial score (nSPS) is 10.6. The third kappa shape index (κ3) is 3.11. The molecule has 4 heteroatoms. The van der Waals surface area contributed by atoms with E-state index >= 15 is 0 Å². The summed E-state index contributed by atoms with van der Waals surface area (Å²) in [5.74, 6) is -1.06. The molecule has 0 aliphatic carbocycles. The van der Waals surface area contributed by atoms with E-state index in [2.05, 4.69) is 10.3 Å². The third-order valence-corrected chi connectivity index (χ3v) is 2.62. The fourth-order valence-corrected chi connectivity index (χ4v) is 1.71. The van der Waals surface area contributed by atoms with E-state index in [4.69, 9.17) is 0 Å². The Kier molecular flexibility index (Phi) is 3.99. The zero-order chi connectivity index (χ0) is 13.0. The number of aromatic nitrogens is 1. The van der Waals surface area contributed by atoms with Crippen molar-refractivity contribution in [2.24, 2.45) is 0 Å². The lowest BCUT2D eigenvalue weighted by atomic mass is 10.2.